The zero-order chi connectivity index (χ0) is 29.6. The molecule has 0 saturated carbocycles. The Labute approximate surface area is 240 Å². The van der Waals surface area contributed by atoms with Gasteiger partial charge in [-0.3, -0.25) is 4.79 Å². The molecule has 0 aromatic heterocycles. The maximum Gasteiger partial charge on any atom is 0.410 e. The molecule has 4 rings (SSSR count). The highest BCUT2D eigenvalue weighted by Crippen LogP contribution is 2.34. The Morgan fingerprint density at radius 1 is 1.00 bits per heavy atom. The molecule has 1 fully saturated rings. The van der Waals surface area contributed by atoms with Crippen molar-refractivity contribution in [3.63, 3.8) is 0 Å². The number of nitrogens with zero attached hydrogens (tertiary/aromatic N) is 1. The fraction of sp³-hybridized carbons (Fsp3) is 0.355. The molecule has 0 unspecified atom stereocenters. The summed E-state index contributed by atoms with van der Waals surface area (Å²) in [6.07, 6.45) is -1.49. The molecular weight excluding hydrogens is 527 g/mol. The second-order valence-electron chi connectivity index (χ2n) is 11.0. The van der Waals surface area contributed by atoms with Crippen molar-refractivity contribution >= 4 is 19.7 Å². The van der Waals surface area contributed by atoms with Gasteiger partial charge in [0.1, 0.15) is 18.2 Å². The Morgan fingerprint density at radius 2 is 1.68 bits per heavy atom. The molecule has 0 radical (unpaired) electrons. The van der Waals surface area contributed by atoms with Crippen molar-refractivity contribution in [3.8, 4) is 0 Å². The number of halogens is 2. The number of aliphatic hydroxyl groups excluding tert-OH is 1. The Kier molecular flexibility index (Phi) is 9.78. The van der Waals surface area contributed by atoms with Crippen LogP contribution in [-0.4, -0.2) is 61.5 Å². The normalized spacial score (nSPS) is 15.6. The number of likely N-dealkylation sites (tertiary alicyclic amines) is 1. The monoisotopic (exact) mass is 563 g/mol. The Morgan fingerprint density at radius 3 is 2.32 bits per heavy atom. The summed E-state index contributed by atoms with van der Waals surface area (Å²) in [7, 11) is 1.32. The summed E-state index contributed by atoms with van der Waals surface area (Å²) < 4.78 is 33.1. The summed E-state index contributed by atoms with van der Waals surface area (Å²) in [5.74, 6) is -1.54. The van der Waals surface area contributed by atoms with Crippen molar-refractivity contribution in [1.29, 1.82) is 0 Å². The number of amides is 2. The molecule has 1 saturated heterocycles. The zero-order valence-corrected chi connectivity index (χ0v) is 23.6. The smallest absolute Gasteiger partial charge is 0.410 e. The van der Waals surface area contributed by atoms with Crippen LogP contribution in [0.3, 0.4) is 0 Å². The number of rotatable bonds is 11. The first kappa shape index (κ1) is 30.2. The molecule has 10 heteroatoms. The highest BCUT2D eigenvalue weighted by Gasteiger charge is 2.47. The molecule has 0 bridgehead atoms. The lowest BCUT2D eigenvalue weighted by molar-refractivity contribution is 0.0107. The predicted molar refractivity (Wildman–Crippen MR) is 155 cm³/mol. The highest BCUT2D eigenvalue weighted by atomic mass is 19.1. The fourth-order valence-corrected chi connectivity index (χ4v) is 5.11. The van der Waals surface area contributed by atoms with Gasteiger partial charge in [-0.1, -0.05) is 68.4 Å². The molecule has 2 atom stereocenters. The molecule has 0 spiro atoms. The molecule has 2 amide bonds. The Bertz CT molecular complexity index is 1330. The third-order valence-corrected chi connectivity index (χ3v) is 7.37. The third-order valence-electron chi connectivity index (χ3n) is 7.37. The van der Waals surface area contributed by atoms with E-state index >= 15 is 0 Å². The van der Waals surface area contributed by atoms with Crippen molar-refractivity contribution in [2.75, 3.05) is 19.6 Å². The van der Waals surface area contributed by atoms with Crippen molar-refractivity contribution in [2.45, 2.75) is 50.5 Å². The van der Waals surface area contributed by atoms with Crippen LogP contribution in [0.2, 0.25) is 0 Å². The SMILES string of the molecule is BC(=O)N[C@@H](Cc1cc(F)cc(F)c1)[C@H](O)CNC1(c2cccc(C(C)C)c2)CN(C(=O)OCc2ccccc2)C1. The van der Waals surface area contributed by atoms with Gasteiger partial charge in [0.2, 0.25) is 7.85 Å². The van der Waals surface area contributed by atoms with Crippen molar-refractivity contribution in [2.24, 2.45) is 0 Å². The minimum atomic E-state index is -1.09. The standard InChI is InChI=1S/C31H36BF2N3O4/c1-20(2)23-9-6-10-24(14-23)31(18-37(19-31)30(40)41-17-21-7-4-3-5-8-21)35-16-28(38)27(36-29(32)39)13-22-11-25(33)15-26(34)12-22/h3-12,14-15,20,27-28,35,38H,13,16-19,32H2,1-2H3,(H,36,39)/t27-,28+/m0/s1. The van der Waals surface area contributed by atoms with Gasteiger partial charge in [-0.2, -0.15) is 0 Å². The van der Waals surface area contributed by atoms with Gasteiger partial charge < -0.3 is 25.4 Å². The van der Waals surface area contributed by atoms with E-state index in [1.54, 1.807) is 4.90 Å². The molecule has 1 heterocycles. The molecular formula is C31H36BF2N3O4. The summed E-state index contributed by atoms with van der Waals surface area (Å²) in [6, 6.07) is 19.9. The van der Waals surface area contributed by atoms with Gasteiger partial charge in [-0.05, 0) is 46.7 Å². The van der Waals surface area contributed by atoms with E-state index in [9.17, 15) is 23.5 Å². The van der Waals surface area contributed by atoms with Crippen LogP contribution >= 0.6 is 0 Å². The summed E-state index contributed by atoms with van der Waals surface area (Å²) in [4.78, 5) is 26.3. The average molecular weight is 563 g/mol. The Balaban J connectivity index is 1.48. The number of ether oxygens (including phenoxy) is 1. The number of hydrogen-bond acceptors (Lipinski definition) is 5. The van der Waals surface area contributed by atoms with Crippen molar-refractivity contribution in [1.82, 2.24) is 15.5 Å². The molecule has 1 aliphatic rings. The van der Waals surface area contributed by atoms with Gasteiger partial charge in [0.25, 0.3) is 0 Å². The number of carbonyl (C=O) groups is 2. The highest BCUT2D eigenvalue weighted by molar-refractivity contribution is 6.57. The van der Waals surface area contributed by atoms with E-state index in [2.05, 4.69) is 30.5 Å². The third kappa shape index (κ3) is 7.92. The largest absolute Gasteiger partial charge is 0.445 e. The van der Waals surface area contributed by atoms with E-state index in [1.807, 2.05) is 48.5 Å². The lowest BCUT2D eigenvalue weighted by Gasteiger charge is -2.51. The minimum absolute atomic E-state index is 0.0326. The molecule has 3 aromatic carbocycles. The predicted octanol–water partition coefficient (Wildman–Crippen LogP) is 3.84. The van der Waals surface area contributed by atoms with Crippen LogP contribution in [0, 0.1) is 11.6 Å². The van der Waals surface area contributed by atoms with E-state index in [-0.39, 0.29) is 25.4 Å². The van der Waals surface area contributed by atoms with E-state index in [0.29, 0.717) is 24.6 Å². The summed E-state index contributed by atoms with van der Waals surface area (Å²) in [5, 5.41) is 17.3. The Hall–Kier alpha value is -3.76. The molecule has 7 nitrogen and oxygen atoms in total. The van der Waals surface area contributed by atoms with E-state index in [1.165, 1.54) is 20.0 Å². The van der Waals surface area contributed by atoms with Gasteiger partial charge in [0.05, 0.1) is 17.7 Å². The molecule has 41 heavy (non-hydrogen) atoms. The lowest BCUT2D eigenvalue weighted by atomic mass is 9.80. The van der Waals surface area contributed by atoms with Crippen LogP contribution in [0.15, 0.2) is 72.8 Å². The maximum absolute atomic E-state index is 13.8. The van der Waals surface area contributed by atoms with Crippen LogP contribution in [-0.2, 0) is 23.3 Å². The second-order valence-corrected chi connectivity index (χ2v) is 11.0. The number of hydrogen-bond donors (Lipinski definition) is 3. The lowest BCUT2D eigenvalue weighted by Crippen LogP contribution is -2.69. The van der Waals surface area contributed by atoms with Gasteiger partial charge >= 0.3 is 6.09 Å². The molecule has 1 aliphatic heterocycles. The van der Waals surface area contributed by atoms with Crippen molar-refractivity contribution in [3.05, 3.63) is 107 Å². The first-order valence-corrected chi connectivity index (χ1v) is 13.8. The van der Waals surface area contributed by atoms with Crippen LogP contribution in [0.25, 0.3) is 0 Å². The van der Waals surface area contributed by atoms with Crippen LogP contribution in [0.1, 0.15) is 42.0 Å². The average Bonchev–Trinajstić information content (AvgIpc) is 2.90. The second kappa shape index (κ2) is 13.3. The molecule has 3 N–H and O–H groups in total. The molecule has 0 aliphatic carbocycles. The molecule has 3 aromatic rings. The van der Waals surface area contributed by atoms with Crippen LogP contribution in [0.5, 0.6) is 0 Å². The molecule has 216 valence electrons. The zero-order valence-electron chi connectivity index (χ0n) is 23.6. The maximum atomic E-state index is 13.8. The summed E-state index contributed by atoms with van der Waals surface area (Å²) in [5.41, 5.74) is 2.64. The quantitative estimate of drug-likeness (QED) is 0.309. The summed E-state index contributed by atoms with van der Waals surface area (Å²) in [6.45, 7) is 5.05. The van der Waals surface area contributed by atoms with Gasteiger partial charge in [0.15, 0.2) is 5.81 Å². The van der Waals surface area contributed by atoms with Gasteiger partial charge in [-0.25, -0.2) is 13.6 Å². The number of aliphatic hydroxyl groups is 1. The summed E-state index contributed by atoms with van der Waals surface area (Å²) >= 11 is 0. The number of carbonyl (C=O) groups excluding carboxylic acids is 2. The van der Waals surface area contributed by atoms with E-state index < -0.39 is 35.4 Å². The first-order chi connectivity index (χ1) is 19.5. The van der Waals surface area contributed by atoms with Gasteiger partial charge in [-0.15, -0.1) is 0 Å². The minimum Gasteiger partial charge on any atom is -0.445 e. The number of nitrogens with one attached hydrogen (secondary N) is 2. The van der Waals surface area contributed by atoms with Gasteiger partial charge in [0, 0.05) is 25.7 Å². The first-order valence-electron chi connectivity index (χ1n) is 13.8. The van der Waals surface area contributed by atoms with Crippen LogP contribution < -0.4 is 10.6 Å². The van der Waals surface area contributed by atoms with E-state index in [4.69, 9.17) is 4.74 Å². The van der Waals surface area contributed by atoms with Crippen LogP contribution in [0.4, 0.5) is 18.4 Å². The number of benzene rings is 3. The topological polar surface area (TPSA) is 90.9 Å². The van der Waals surface area contributed by atoms with Crippen molar-refractivity contribution < 1.29 is 28.2 Å². The fourth-order valence-electron chi connectivity index (χ4n) is 5.11. The van der Waals surface area contributed by atoms with E-state index in [0.717, 1.165) is 22.8 Å².